The van der Waals surface area contributed by atoms with Crippen LogP contribution < -0.4 is 29.0 Å². The number of hydrogen-bond donors (Lipinski definition) is 1. The van der Waals surface area contributed by atoms with Gasteiger partial charge in [0.2, 0.25) is 5.75 Å². The summed E-state index contributed by atoms with van der Waals surface area (Å²) in [6, 6.07) is 21.5. The molecule has 0 fully saturated rings. The molecule has 8 nitrogen and oxygen atoms in total. The Balaban J connectivity index is 1.47. The second-order valence-corrected chi connectivity index (χ2v) is 12.9. The molecule has 0 radical (unpaired) electrons. The van der Waals surface area contributed by atoms with E-state index in [9.17, 15) is 0 Å². The fraction of sp³-hybridized carbons (Fsp3) is 0.385. The zero-order valence-electron chi connectivity index (χ0n) is 28.3. The number of nitrogens with zero attached hydrogens (tertiary/aromatic N) is 2. The van der Waals surface area contributed by atoms with Gasteiger partial charge in [-0.1, -0.05) is 24.3 Å². The molecule has 4 aromatic carbocycles. The molecule has 1 N–H and O–H groups in total. The van der Waals surface area contributed by atoms with Gasteiger partial charge in [0.25, 0.3) is 0 Å². The van der Waals surface area contributed by atoms with E-state index in [-0.39, 0.29) is 12.1 Å². The third-order valence-electron chi connectivity index (χ3n) is 10.2. The Morgan fingerprint density at radius 2 is 1.45 bits per heavy atom. The van der Waals surface area contributed by atoms with Gasteiger partial charge in [-0.3, -0.25) is 9.80 Å². The van der Waals surface area contributed by atoms with Crippen LogP contribution >= 0.6 is 0 Å². The molecule has 0 saturated heterocycles. The topological polar surface area (TPSA) is 64.7 Å². The van der Waals surface area contributed by atoms with Crippen LogP contribution in [0.5, 0.6) is 40.2 Å². The average Bonchev–Trinajstić information content (AvgIpc) is 3.08. The minimum absolute atomic E-state index is 0.0140. The van der Waals surface area contributed by atoms with Crippen molar-refractivity contribution >= 4 is 0 Å². The fourth-order valence-electron chi connectivity index (χ4n) is 7.67. The van der Waals surface area contributed by atoms with Gasteiger partial charge in [0.1, 0.15) is 11.5 Å². The molecule has 0 spiro atoms. The van der Waals surface area contributed by atoms with E-state index >= 15 is 0 Å². The first-order valence-corrected chi connectivity index (χ1v) is 16.5. The summed E-state index contributed by atoms with van der Waals surface area (Å²) in [6.07, 6.45) is 3.50. The standard InChI is InChI=1S/C39H45N3O5/c1-40-23-31-29-16-18-42(3)33-20-25-9-14-34(43-4)35(21-25)46-27-11-7-24(8-12-27)19-32-30-22-28(13-10-26(30)15-17-41(32)2)47-38(36(29)33)39(45-6)37(31)44-5/h7-14,21-22,32-33,40H,15-20,23H2,1-6H3/t32-,33-/m0/s1. The Labute approximate surface area is 278 Å². The molecule has 4 aliphatic heterocycles. The summed E-state index contributed by atoms with van der Waals surface area (Å²) < 4.78 is 31.5. The zero-order chi connectivity index (χ0) is 32.7. The van der Waals surface area contributed by atoms with Crippen LogP contribution in [0.2, 0.25) is 0 Å². The Hall–Kier alpha value is -4.24. The SMILES string of the molecule is CNCc1c2c3c(c(OC)c1OC)Oc1ccc4c(c1)[C@H](Cc1ccc(cc1)Oc1cc(ccc1OC)C[C@@H]3N(C)CC2)N(C)CC4. The van der Waals surface area contributed by atoms with Crippen molar-refractivity contribution in [2.24, 2.45) is 0 Å². The molecule has 8 heteroatoms. The summed E-state index contributed by atoms with van der Waals surface area (Å²) in [6.45, 7) is 2.57. The molecule has 6 bridgehead atoms. The molecule has 4 aromatic rings. The molecular weight excluding hydrogens is 590 g/mol. The molecule has 0 amide bonds. The van der Waals surface area contributed by atoms with Crippen molar-refractivity contribution in [3.8, 4) is 40.2 Å². The molecular formula is C39H45N3O5. The van der Waals surface area contributed by atoms with Crippen LogP contribution in [-0.2, 0) is 32.2 Å². The van der Waals surface area contributed by atoms with Gasteiger partial charge >= 0.3 is 0 Å². The lowest BCUT2D eigenvalue weighted by atomic mass is 9.84. The highest BCUT2D eigenvalue weighted by atomic mass is 16.5. The van der Waals surface area contributed by atoms with Crippen molar-refractivity contribution in [2.45, 2.75) is 44.3 Å². The minimum atomic E-state index is 0.0140. The van der Waals surface area contributed by atoms with Gasteiger partial charge in [-0.05, 0) is 111 Å². The second-order valence-electron chi connectivity index (χ2n) is 12.9. The van der Waals surface area contributed by atoms with Gasteiger partial charge in [0, 0.05) is 42.8 Å². The highest BCUT2D eigenvalue weighted by Gasteiger charge is 2.36. The molecule has 47 heavy (non-hydrogen) atoms. The number of fused-ring (bicyclic) bond motifs is 2. The third-order valence-corrected chi connectivity index (χ3v) is 10.2. The molecule has 4 aliphatic rings. The molecule has 0 aromatic heterocycles. The van der Waals surface area contributed by atoms with E-state index in [1.54, 1.807) is 21.3 Å². The van der Waals surface area contributed by atoms with Crippen LogP contribution in [0.1, 0.15) is 51.0 Å². The molecule has 4 heterocycles. The maximum absolute atomic E-state index is 7.05. The van der Waals surface area contributed by atoms with E-state index in [1.165, 1.54) is 22.3 Å². The predicted octanol–water partition coefficient (Wildman–Crippen LogP) is 6.87. The normalized spacial score (nSPS) is 19.1. The molecule has 0 saturated carbocycles. The van der Waals surface area contributed by atoms with Crippen molar-refractivity contribution < 1.29 is 23.7 Å². The maximum Gasteiger partial charge on any atom is 0.204 e. The summed E-state index contributed by atoms with van der Waals surface area (Å²) in [7, 11) is 11.5. The monoisotopic (exact) mass is 635 g/mol. The first-order chi connectivity index (χ1) is 22.9. The quantitative estimate of drug-likeness (QED) is 0.255. The van der Waals surface area contributed by atoms with Crippen molar-refractivity contribution in [3.63, 3.8) is 0 Å². The van der Waals surface area contributed by atoms with Crippen LogP contribution in [0, 0.1) is 0 Å². The predicted molar refractivity (Wildman–Crippen MR) is 184 cm³/mol. The lowest BCUT2D eigenvalue weighted by molar-refractivity contribution is 0.220. The Morgan fingerprint density at radius 3 is 2.19 bits per heavy atom. The Kier molecular flexibility index (Phi) is 8.75. The summed E-state index contributed by atoms with van der Waals surface area (Å²) in [4.78, 5) is 4.87. The molecule has 0 aliphatic carbocycles. The molecule has 2 atom stereocenters. The van der Waals surface area contributed by atoms with E-state index in [1.807, 2.05) is 13.1 Å². The van der Waals surface area contributed by atoms with Crippen LogP contribution in [0.4, 0.5) is 0 Å². The Bertz CT molecular complexity index is 1770. The lowest BCUT2D eigenvalue weighted by Crippen LogP contribution is -2.35. The highest BCUT2D eigenvalue weighted by Crippen LogP contribution is 2.52. The number of methoxy groups -OCH3 is 3. The first-order valence-electron chi connectivity index (χ1n) is 16.5. The minimum Gasteiger partial charge on any atom is -0.493 e. The summed E-state index contributed by atoms with van der Waals surface area (Å²) in [5.74, 6) is 5.05. The van der Waals surface area contributed by atoms with Gasteiger partial charge in [0.05, 0.1) is 21.3 Å². The van der Waals surface area contributed by atoms with E-state index in [0.29, 0.717) is 23.8 Å². The van der Waals surface area contributed by atoms with Gasteiger partial charge in [-0.25, -0.2) is 0 Å². The van der Waals surface area contributed by atoms with Gasteiger partial charge in [-0.15, -0.1) is 0 Å². The number of ether oxygens (including phenoxy) is 5. The number of likely N-dealkylation sites (N-methyl/N-ethyl adjacent to an activating group) is 2. The van der Waals surface area contributed by atoms with Gasteiger partial charge < -0.3 is 29.0 Å². The maximum atomic E-state index is 7.05. The summed E-state index contributed by atoms with van der Waals surface area (Å²) in [5.41, 5.74) is 8.57. The number of benzene rings is 4. The van der Waals surface area contributed by atoms with Crippen LogP contribution in [0.25, 0.3) is 0 Å². The second kappa shape index (κ2) is 13.1. The summed E-state index contributed by atoms with van der Waals surface area (Å²) >= 11 is 0. The summed E-state index contributed by atoms with van der Waals surface area (Å²) in [5, 5.41) is 3.37. The van der Waals surface area contributed by atoms with E-state index in [0.717, 1.165) is 78.5 Å². The van der Waals surface area contributed by atoms with Crippen molar-refractivity contribution in [2.75, 3.05) is 55.6 Å². The lowest BCUT2D eigenvalue weighted by Gasteiger charge is -2.38. The molecule has 0 unspecified atom stereocenters. The van der Waals surface area contributed by atoms with Crippen molar-refractivity contribution in [3.05, 3.63) is 99.6 Å². The Morgan fingerprint density at radius 1 is 0.745 bits per heavy atom. The highest BCUT2D eigenvalue weighted by molar-refractivity contribution is 5.66. The van der Waals surface area contributed by atoms with Crippen LogP contribution in [0.3, 0.4) is 0 Å². The molecule has 8 rings (SSSR count). The van der Waals surface area contributed by atoms with Crippen molar-refractivity contribution in [1.82, 2.24) is 15.1 Å². The van der Waals surface area contributed by atoms with Gasteiger partial charge in [-0.2, -0.15) is 0 Å². The van der Waals surface area contributed by atoms with E-state index < -0.39 is 0 Å². The van der Waals surface area contributed by atoms with E-state index in [2.05, 4.69) is 83.8 Å². The average molecular weight is 636 g/mol. The zero-order valence-corrected chi connectivity index (χ0v) is 28.3. The third kappa shape index (κ3) is 5.79. The van der Waals surface area contributed by atoms with Crippen LogP contribution in [0.15, 0.2) is 60.7 Å². The number of rotatable bonds is 5. The number of nitrogens with one attached hydrogen (secondary N) is 1. The van der Waals surface area contributed by atoms with Crippen LogP contribution in [-0.4, -0.2) is 65.4 Å². The fourth-order valence-corrected chi connectivity index (χ4v) is 7.67. The van der Waals surface area contributed by atoms with Crippen molar-refractivity contribution in [1.29, 1.82) is 0 Å². The first kappa shape index (κ1) is 31.4. The molecule has 246 valence electrons. The van der Waals surface area contributed by atoms with E-state index in [4.69, 9.17) is 23.7 Å². The van der Waals surface area contributed by atoms with Gasteiger partial charge in [0.15, 0.2) is 23.0 Å². The largest absolute Gasteiger partial charge is 0.493 e. The smallest absolute Gasteiger partial charge is 0.204 e. The number of hydrogen-bond acceptors (Lipinski definition) is 8.